The quantitative estimate of drug-likeness (QED) is 0.889. The molecule has 1 aromatic heterocycles. The predicted octanol–water partition coefficient (Wildman–Crippen LogP) is 3.37. The number of benzene rings is 1. The molecule has 8 heteroatoms. The standard InChI is InChI=1S/C13H13F2N3O2S/c1-8-16-6-11(21-8)7-17-13(19)18-9-3-2-4-10(5-9)20-12(14)15/h2-6,12H,7H2,1H3,(H2,17,18,19). The summed E-state index contributed by atoms with van der Waals surface area (Å²) in [6, 6.07) is 5.36. The fourth-order valence-electron chi connectivity index (χ4n) is 1.58. The zero-order valence-corrected chi connectivity index (χ0v) is 11.9. The second-order valence-corrected chi connectivity index (χ2v) is 5.38. The van der Waals surface area contributed by atoms with Crippen molar-refractivity contribution in [3.05, 3.63) is 40.3 Å². The molecule has 0 saturated carbocycles. The average Bonchev–Trinajstić information content (AvgIpc) is 2.82. The number of ether oxygens (including phenoxy) is 1. The van der Waals surface area contributed by atoms with Crippen LogP contribution in [-0.4, -0.2) is 17.6 Å². The monoisotopic (exact) mass is 313 g/mol. The molecule has 0 saturated heterocycles. The largest absolute Gasteiger partial charge is 0.435 e. The van der Waals surface area contributed by atoms with Crippen LogP contribution in [0.2, 0.25) is 0 Å². The minimum absolute atomic E-state index is 0.0131. The molecule has 0 bridgehead atoms. The van der Waals surface area contributed by atoms with E-state index in [9.17, 15) is 13.6 Å². The Kier molecular flexibility index (Phi) is 5.04. The van der Waals surface area contributed by atoms with E-state index in [1.807, 2.05) is 6.92 Å². The Balaban J connectivity index is 1.87. The number of aryl methyl sites for hydroxylation is 1. The molecule has 2 rings (SSSR count). The molecule has 2 N–H and O–H groups in total. The van der Waals surface area contributed by atoms with Crippen molar-refractivity contribution in [2.24, 2.45) is 0 Å². The number of hydrogen-bond donors (Lipinski definition) is 2. The number of alkyl halides is 2. The summed E-state index contributed by atoms with van der Waals surface area (Å²) < 4.78 is 28.5. The maximum Gasteiger partial charge on any atom is 0.387 e. The van der Waals surface area contributed by atoms with Gasteiger partial charge in [-0.15, -0.1) is 11.3 Å². The van der Waals surface area contributed by atoms with Gasteiger partial charge in [0.25, 0.3) is 0 Å². The van der Waals surface area contributed by atoms with Gasteiger partial charge in [0.05, 0.1) is 11.6 Å². The number of carbonyl (C=O) groups is 1. The number of carbonyl (C=O) groups excluding carboxylic acids is 1. The molecule has 1 heterocycles. The number of nitrogens with zero attached hydrogens (tertiary/aromatic N) is 1. The number of nitrogens with one attached hydrogen (secondary N) is 2. The number of amides is 2. The molecule has 5 nitrogen and oxygen atoms in total. The lowest BCUT2D eigenvalue weighted by molar-refractivity contribution is -0.0497. The van der Waals surface area contributed by atoms with Crippen LogP contribution in [0, 0.1) is 6.92 Å². The molecule has 0 aliphatic carbocycles. The number of hydrogen-bond acceptors (Lipinski definition) is 4. The van der Waals surface area contributed by atoms with Gasteiger partial charge in [-0.1, -0.05) is 6.07 Å². The van der Waals surface area contributed by atoms with Crippen molar-refractivity contribution >= 4 is 23.1 Å². The first-order chi connectivity index (χ1) is 10.0. The van der Waals surface area contributed by atoms with Gasteiger partial charge < -0.3 is 15.4 Å². The Morgan fingerprint density at radius 2 is 2.29 bits per heavy atom. The van der Waals surface area contributed by atoms with Crippen LogP contribution in [0.1, 0.15) is 9.88 Å². The van der Waals surface area contributed by atoms with Crippen molar-refractivity contribution in [2.45, 2.75) is 20.1 Å². The highest BCUT2D eigenvalue weighted by Crippen LogP contribution is 2.19. The van der Waals surface area contributed by atoms with Gasteiger partial charge in [-0.05, 0) is 19.1 Å². The minimum atomic E-state index is -2.90. The SMILES string of the molecule is Cc1ncc(CNC(=O)Nc2cccc(OC(F)F)c2)s1. The van der Waals surface area contributed by atoms with Crippen molar-refractivity contribution in [3.8, 4) is 5.75 Å². The van der Waals surface area contributed by atoms with E-state index >= 15 is 0 Å². The number of rotatable bonds is 5. The number of halogens is 2. The molecule has 0 aliphatic heterocycles. The third-order valence-electron chi connectivity index (χ3n) is 2.41. The summed E-state index contributed by atoms with van der Waals surface area (Å²) >= 11 is 1.49. The lowest BCUT2D eigenvalue weighted by atomic mass is 10.3. The second-order valence-electron chi connectivity index (χ2n) is 4.06. The Bertz CT molecular complexity index is 619. The number of thiazole rings is 1. The molecular weight excluding hydrogens is 300 g/mol. The Labute approximate surface area is 124 Å². The average molecular weight is 313 g/mol. The first-order valence-corrected chi connectivity index (χ1v) is 6.85. The van der Waals surface area contributed by atoms with Gasteiger partial charge in [-0.2, -0.15) is 8.78 Å². The molecule has 21 heavy (non-hydrogen) atoms. The van der Waals surface area contributed by atoms with Crippen LogP contribution in [0.3, 0.4) is 0 Å². The molecular formula is C13H13F2N3O2S. The van der Waals surface area contributed by atoms with E-state index < -0.39 is 12.6 Å². The summed E-state index contributed by atoms with van der Waals surface area (Å²) in [5.74, 6) is -0.0131. The van der Waals surface area contributed by atoms with Gasteiger partial charge in [0.2, 0.25) is 0 Å². The predicted molar refractivity (Wildman–Crippen MR) is 75.8 cm³/mol. The van der Waals surface area contributed by atoms with Crippen LogP contribution in [0.5, 0.6) is 5.75 Å². The van der Waals surface area contributed by atoms with Crippen LogP contribution < -0.4 is 15.4 Å². The molecule has 1 aromatic carbocycles. The zero-order valence-electron chi connectivity index (χ0n) is 11.1. The summed E-state index contributed by atoms with van der Waals surface area (Å²) in [6.07, 6.45) is 1.69. The van der Waals surface area contributed by atoms with Crippen LogP contribution in [-0.2, 0) is 6.54 Å². The molecule has 0 aliphatic rings. The first kappa shape index (κ1) is 15.2. The number of aromatic nitrogens is 1. The smallest absolute Gasteiger partial charge is 0.387 e. The van der Waals surface area contributed by atoms with E-state index in [2.05, 4.69) is 20.4 Å². The van der Waals surface area contributed by atoms with Crippen LogP contribution in [0.25, 0.3) is 0 Å². The molecule has 0 radical (unpaired) electrons. The summed E-state index contributed by atoms with van der Waals surface area (Å²) in [7, 11) is 0. The lowest BCUT2D eigenvalue weighted by Gasteiger charge is -2.09. The summed E-state index contributed by atoms with van der Waals surface area (Å²) in [6.45, 7) is -0.670. The number of urea groups is 1. The Morgan fingerprint density at radius 3 is 2.95 bits per heavy atom. The highest BCUT2D eigenvalue weighted by molar-refractivity contribution is 7.11. The van der Waals surface area contributed by atoms with Crippen LogP contribution in [0.15, 0.2) is 30.5 Å². The Hall–Kier alpha value is -2.22. The number of anilines is 1. The first-order valence-electron chi connectivity index (χ1n) is 6.04. The zero-order chi connectivity index (χ0) is 15.2. The minimum Gasteiger partial charge on any atom is -0.435 e. The van der Waals surface area contributed by atoms with E-state index in [0.29, 0.717) is 12.2 Å². The molecule has 112 valence electrons. The fourth-order valence-corrected chi connectivity index (χ4v) is 2.31. The topological polar surface area (TPSA) is 63.2 Å². The van der Waals surface area contributed by atoms with Crippen molar-refractivity contribution in [2.75, 3.05) is 5.32 Å². The van der Waals surface area contributed by atoms with Gasteiger partial charge in [0, 0.05) is 22.8 Å². The van der Waals surface area contributed by atoms with Crippen molar-refractivity contribution in [1.29, 1.82) is 0 Å². The molecule has 2 amide bonds. The van der Waals surface area contributed by atoms with Crippen molar-refractivity contribution in [3.63, 3.8) is 0 Å². The van der Waals surface area contributed by atoms with Gasteiger partial charge in [-0.3, -0.25) is 0 Å². The van der Waals surface area contributed by atoms with E-state index in [0.717, 1.165) is 9.88 Å². The molecule has 0 spiro atoms. The normalized spacial score (nSPS) is 10.5. The van der Waals surface area contributed by atoms with E-state index in [-0.39, 0.29) is 5.75 Å². The van der Waals surface area contributed by atoms with Crippen LogP contribution >= 0.6 is 11.3 Å². The van der Waals surface area contributed by atoms with Crippen molar-refractivity contribution < 1.29 is 18.3 Å². The molecule has 0 fully saturated rings. The fraction of sp³-hybridized carbons (Fsp3) is 0.231. The maximum atomic E-state index is 12.1. The highest BCUT2D eigenvalue weighted by Gasteiger charge is 2.07. The Morgan fingerprint density at radius 1 is 1.48 bits per heavy atom. The van der Waals surface area contributed by atoms with E-state index in [1.165, 1.54) is 29.5 Å². The third-order valence-corrected chi connectivity index (χ3v) is 3.32. The van der Waals surface area contributed by atoms with E-state index in [4.69, 9.17) is 0 Å². The van der Waals surface area contributed by atoms with Gasteiger partial charge in [0.1, 0.15) is 5.75 Å². The summed E-state index contributed by atoms with van der Waals surface area (Å²) in [5.41, 5.74) is 0.367. The third kappa shape index (κ3) is 4.99. The lowest BCUT2D eigenvalue weighted by Crippen LogP contribution is -2.27. The highest BCUT2D eigenvalue weighted by atomic mass is 32.1. The maximum absolute atomic E-state index is 12.1. The summed E-state index contributed by atoms with van der Waals surface area (Å²) in [5, 5.41) is 6.11. The summed E-state index contributed by atoms with van der Waals surface area (Å²) in [4.78, 5) is 16.7. The van der Waals surface area contributed by atoms with Gasteiger partial charge in [-0.25, -0.2) is 9.78 Å². The van der Waals surface area contributed by atoms with Crippen LogP contribution in [0.4, 0.5) is 19.3 Å². The van der Waals surface area contributed by atoms with Gasteiger partial charge in [0.15, 0.2) is 0 Å². The molecule has 0 unspecified atom stereocenters. The van der Waals surface area contributed by atoms with Crippen molar-refractivity contribution in [1.82, 2.24) is 10.3 Å². The molecule has 0 atom stereocenters. The van der Waals surface area contributed by atoms with Gasteiger partial charge >= 0.3 is 12.6 Å². The molecule has 2 aromatic rings. The second kappa shape index (κ2) is 6.98. The van der Waals surface area contributed by atoms with E-state index in [1.54, 1.807) is 12.3 Å².